The molecule has 0 aliphatic carbocycles. The van der Waals surface area contributed by atoms with Crippen molar-refractivity contribution < 1.29 is 14.4 Å². The van der Waals surface area contributed by atoms with Crippen molar-refractivity contribution in [1.82, 2.24) is 4.98 Å². The minimum absolute atomic E-state index is 0.0873. The first-order valence-electron chi connectivity index (χ1n) is 8.68. The van der Waals surface area contributed by atoms with Gasteiger partial charge in [0.15, 0.2) is 5.75 Å². The summed E-state index contributed by atoms with van der Waals surface area (Å²) in [5, 5.41) is 25.6. The first-order chi connectivity index (χ1) is 14.1. The van der Waals surface area contributed by atoms with Gasteiger partial charge in [-0.15, -0.1) is 22.7 Å². The van der Waals surface area contributed by atoms with Crippen LogP contribution in [-0.2, 0) is 0 Å². The monoisotopic (exact) mass is 427 g/mol. The van der Waals surface area contributed by atoms with E-state index in [9.17, 15) is 15.4 Å². The number of nitro groups is 1. The predicted octanol–water partition coefficient (Wildman–Crippen LogP) is 5.64. The second-order valence-corrected chi connectivity index (χ2v) is 7.67. The Balaban J connectivity index is 2.02. The van der Waals surface area contributed by atoms with Crippen LogP contribution in [0.1, 0.15) is 23.9 Å². The topological polar surface area (TPSA) is 98.3 Å². The first-order valence-corrected chi connectivity index (χ1v) is 10.4. The van der Waals surface area contributed by atoms with Crippen LogP contribution in [0.2, 0.25) is 0 Å². The molecule has 0 amide bonds. The van der Waals surface area contributed by atoms with E-state index in [4.69, 9.17) is 9.47 Å². The van der Waals surface area contributed by atoms with Crippen molar-refractivity contribution in [3.05, 3.63) is 55.7 Å². The summed E-state index contributed by atoms with van der Waals surface area (Å²) in [6.07, 6.45) is 2.27. The molecule has 148 valence electrons. The van der Waals surface area contributed by atoms with Gasteiger partial charge in [0.1, 0.15) is 11.1 Å². The number of aromatic nitrogens is 1. The zero-order chi connectivity index (χ0) is 20.8. The largest absolute Gasteiger partial charge is 0.493 e. The summed E-state index contributed by atoms with van der Waals surface area (Å²) in [6.45, 7) is 2.24. The lowest BCUT2D eigenvalue weighted by molar-refractivity contribution is -0.386. The average molecular weight is 428 g/mol. The van der Waals surface area contributed by atoms with Gasteiger partial charge >= 0.3 is 5.69 Å². The van der Waals surface area contributed by atoms with Crippen molar-refractivity contribution >= 4 is 40.0 Å². The van der Waals surface area contributed by atoms with Crippen molar-refractivity contribution in [2.45, 2.75) is 13.3 Å². The van der Waals surface area contributed by atoms with E-state index >= 15 is 0 Å². The molecule has 0 N–H and O–H groups in total. The lowest BCUT2D eigenvalue weighted by Crippen LogP contribution is -2.02. The number of ether oxygens (including phenoxy) is 2. The van der Waals surface area contributed by atoms with Crippen molar-refractivity contribution in [1.29, 1.82) is 5.26 Å². The molecule has 0 atom stereocenters. The Morgan fingerprint density at radius 1 is 1.41 bits per heavy atom. The molecule has 29 heavy (non-hydrogen) atoms. The molecule has 0 saturated heterocycles. The minimum atomic E-state index is -0.519. The van der Waals surface area contributed by atoms with E-state index < -0.39 is 4.92 Å². The van der Waals surface area contributed by atoms with E-state index in [1.807, 2.05) is 29.8 Å². The Morgan fingerprint density at radius 3 is 2.86 bits per heavy atom. The number of allylic oxidation sites excluding steroid dienone is 1. The maximum absolute atomic E-state index is 11.5. The number of rotatable bonds is 8. The molecular weight excluding hydrogens is 410 g/mol. The highest BCUT2D eigenvalue weighted by atomic mass is 32.1. The number of hydrogen-bond donors (Lipinski definition) is 0. The summed E-state index contributed by atoms with van der Waals surface area (Å²) in [5.41, 5.74) is 1.37. The number of nitrogens with zero attached hydrogens (tertiary/aromatic N) is 3. The lowest BCUT2D eigenvalue weighted by atomic mass is 10.1. The van der Waals surface area contributed by atoms with Crippen LogP contribution >= 0.6 is 22.7 Å². The smallest absolute Gasteiger partial charge is 0.315 e. The van der Waals surface area contributed by atoms with Crippen molar-refractivity contribution in [2.75, 3.05) is 13.7 Å². The van der Waals surface area contributed by atoms with E-state index in [0.717, 1.165) is 10.6 Å². The highest BCUT2D eigenvalue weighted by Crippen LogP contribution is 2.39. The third-order valence-electron chi connectivity index (χ3n) is 3.86. The van der Waals surface area contributed by atoms with Gasteiger partial charge in [-0.05, 0) is 35.6 Å². The second-order valence-electron chi connectivity index (χ2n) is 5.86. The van der Waals surface area contributed by atoms with E-state index in [-0.39, 0.29) is 17.2 Å². The fraction of sp³-hybridized carbons (Fsp3) is 0.200. The molecule has 0 radical (unpaired) electrons. The zero-order valence-electron chi connectivity index (χ0n) is 15.7. The fourth-order valence-corrected chi connectivity index (χ4v) is 4.12. The Kier molecular flexibility index (Phi) is 6.59. The molecule has 3 rings (SSSR count). The van der Waals surface area contributed by atoms with Crippen LogP contribution in [0.15, 0.2) is 35.0 Å². The second kappa shape index (κ2) is 9.32. The molecule has 0 aliphatic rings. The number of methoxy groups -OCH3 is 1. The normalized spacial score (nSPS) is 11.1. The molecule has 0 unspecified atom stereocenters. The quantitative estimate of drug-likeness (QED) is 0.262. The third kappa shape index (κ3) is 4.62. The van der Waals surface area contributed by atoms with Crippen molar-refractivity contribution in [3.8, 4) is 28.1 Å². The Morgan fingerprint density at radius 2 is 2.24 bits per heavy atom. The van der Waals surface area contributed by atoms with Crippen LogP contribution in [0.3, 0.4) is 0 Å². The molecule has 7 nitrogen and oxygen atoms in total. The molecule has 0 aliphatic heterocycles. The van der Waals surface area contributed by atoms with Gasteiger partial charge in [0.25, 0.3) is 0 Å². The van der Waals surface area contributed by atoms with Crippen molar-refractivity contribution in [3.63, 3.8) is 0 Å². The van der Waals surface area contributed by atoms with E-state index in [1.54, 1.807) is 23.5 Å². The van der Waals surface area contributed by atoms with Gasteiger partial charge in [0.2, 0.25) is 5.75 Å². The van der Waals surface area contributed by atoms with Gasteiger partial charge in [-0.25, -0.2) is 4.98 Å². The van der Waals surface area contributed by atoms with Gasteiger partial charge in [0, 0.05) is 11.4 Å². The summed E-state index contributed by atoms with van der Waals surface area (Å²) in [6, 6.07) is 9.02. The van der Waals surface area contributed by atoms with Crippen molar-refractivity contribution in [2.24, 2.45) is 0 Å². The predicted molar refractivity (Wildman–Crippen MR) is 114 cm³/mol. The molecule has 0 bridgehead atoms. The zero-order valence-corrected chi connectivity index (χ0v) is 17.4. The van der Waals surface area contributed by atoms with Gasteiger partial charge in [-0.2, -0.15) is 5.26 Å². The van der Waals surface area contributed by atoms with Crippen LogP contribution in [0, 0.1) is 21.4 Å². The highest BCUT2D eigenvalue weighted by molar-refractivity contribution is 7.14. The molecule has 2 aromatic heterocycles. The molecule has 9 heteroatoms. The van der Waals surface area contributed by atoms with Crippen LogP contribution in [0.25, 0.3) is 22.2 Å². The Bertz CT molecular complexity index is 1080. The van der Waals surface area contributed by atoms with Gasteiger partial charge < -0.3 is 9.47 Å². The van der Waals surface area contributed by atoms with Gasteiger partial charge in [-0.3, -0.25) is 10.1 Å². The van der Waals surface area contributed by atoms with Crippen LogP contribution in [0.4, 0.5) is 5.69 Å². The van der Waals surface area contributed by atoms with E-state index in [1.165, 1.54) is 24.5 Å². The van der Waals surface area contributed by atoms with E-state index in [2.05, 4.69) is 11.1 Å². The average Bonchev–Trinajstić information content (AvgIpc) is 3.41. The number of thiophene rings is 1. The molecule has 0 saturated carbocycles. The fourth-order valence-electron chi connectivity index (χ4n) is 2.57. The third-order valence-corrected chi connectivity index (χ3v) is 5.63. The number of hydrogen-bond acceptors (Lipinski definition) is 8. The van der Waals surface area contributed by atoms with Gasteiger partial charge in [0.05, 0.1) is 34.8 Å². The summed E-state index contributed by atoms with van der Waals surface area (Å²) in [7, 11) is 1.42. The van der Waals surface area contributed by atoms with Crippen LogP contribution < -0.4 is 9.47 Å². The number of benzene rings is 1. The molecule has 1 aromatic carbocycles. The molecule has 2 heterocycles. The highest BCUT2D eigenvalue weighted by Gasteiger charge is 2.22. The molecule has 3 aromatic rings. The summed E-state index contributed by atoms with van der Waals surface area (Å²) >= 11 is 2.92. The maximum Gasteiger partial charge on any atom is 0.315 e. The number of nitriles is 1. The number of thiazole rings is 1. The summed E-state index contributed by atoms with van der Waals surface area (Å²) in [4.78, 5) is 16.6. The first kappa shape index (κ1) is 20.5. The summed E-state index contributed by atoms with van der Waals surface area (Å²) in [5.74, 6) is 0.332. The van der Waals surface area contributed by atoms with Crippen LogP contribution in [0.5, 0.6) is 11.5 Å². The molecular formula is C20H17N3O4S2. The van der Waals surface area contributed by atoms with Crippen LogP contribution in [-0.4, -0.2) is 23.6 Å². The minimum Gasteiger partial charge on any atom is -0.493 e. The standard InChI is InChI=1S/C20H17N3O4S2/c1-3-6-27-19-16(23(24)25)9-13(10-17(19)26-2)8-14(11-21)20-22-15(12-29-20)18-5-4-7-28-18/h4-5,7-10,12H,3,6H2,1-2H3/b14-8-. The molecule has 0 spiro atoms. The lowest BCUT2D eigenvalue weighted by Gasteiger charge is -2.11. The van der Waals surface area contributed by atoms with Gasteiger partial charge in [-0.1, -0.05) is 13.0 Å². The Hall–Kier alpha value is -3.22. The number of nitro benzene ring substituents is 1. The Labute approximate surface area is 175 Å². The maximum atomic E-state index is 11.5. The molecule has 0 fully saturated rings. The van der Waals surface area contributed by atoms with E-state index in [0.29, 0.717) is 29.2 Å². The SMILES string of the molecule is CCCOc1c(OC)cc(/C=C(/C#N)c2nc(-c3cccs3)cs2)cc1[N+](=O)[O-]. The summed E-state index contributed by atoms with van der Waals surface area (Å²) < 4.78 is 10.8.